The van der Waals surface area contributed by atoms with Gasteiger partial charge >= 0.3 is 6.18 Å². The first-order valence-electron chi connectivity index (χ1n) is 15.6. The second-order valence-corrected chi connectivity index (χ2v) is 15.1. The minimum Gasteiger partial charge on any atom is -0.497 e. The number of aryl methyl sites for hydroxylation is 1. The van der Waals surface area contributed by atoms with Gasteiger partial charge in [-0.15, -0.1) is 0 Å². The lowest BCUT2D eigenvalue weighted by Crippen LogP contribution is -2.56. The summed E-state index contributed by atoms with van der Waals surface area (Å²) in [6.45, 7) is 6.01. The number of alkyl halides is 3. The number of benzene rings is 4. The van der Waals surface area contributed by atoms with Gasteiger partial charge in [-0.05, 0) is 81.3 Å². The van der Waals surface area contributed by atoms with Gasteiger partial charge in [-0.2, -0.15) is 13.2 Å². The van der Waals surface area contributed by atoms with E-state index in [0.29, 0.717) is 21.7 Å². The standard InChI is InChI=1S/C37H39ClF3N3O5S/c1-25-14-17-30(18-15-25)50(47,48)44(28-16-19-32(38)31(22-28)37(39,40)41)24-34(45)43(23-27-12-9-13-29(20-27)49-5)33(35(46)42-36(2,3)4)21-26-10-7-6-8-11-26/h6-20,22,33H,21,23-24H2,1-5H3,(H,42,46)/t33-/m0/s1. The SMILES string of the molecule is COc1cccc(CN(C(=O)CN(c2ccc(Cl)c(C(F)(F)F)c2)S(=O)(=O)c2ccc(C)cc2)[C@@H](Cc2ccccc2)C(=O)NC(C)(C)C)c1. The topological polar surface area (TPSA) is 96.0 Å². The van der Waals surface area contributed by atoms with Crippen LogP contribution in [-0.2, 0) is 38.8 Å². The van der Waals surface area contributed by atoms with E-state index in [1.807, 2.05) is 6.07 Å². The second kappa shape index (κ2) is 15.6. The lowest BCUT2D eigenvalue weighted by atomic mass is 10.0. The zero-order valence-electron chi connectivity index (χ0n) is 28.3. The Kier molecular flexibility index (Phi) is 11.9. The molecular weight excluding hydrogens is 691 g/mol. The largest absolute Gasteiger partial charge is 0.497 e. The fourth-order valence-electron chi connectivity index (χ4n) is 5.23. The Labute approximate surface area is 295 Å². The number of methoxy groups -OCH3 is 1. The number of amides is 2. The first-order valence-corrected chi connectivity index (χ1v) is 17.5. The summed E-state index contributed by atoms with van der Waals surface area (Å²) in [4.78, 5) is 29.7. The number of nitrogens with zero attached hydrogens (tertiary/aromatic N) is 2. The third kappa shape index (κ3) is 9.79. The van der Waals surface area contributed by atoms with Gasteiger partial charge in [0, 0.05) is 18.5 Å². The smallest absolute Gasteiger partial charge is 0.417 e. The van der Waals surface area contributed by atoms with Crippen LogP contribution in [0.15, 0.2) is 102 Å². The fourth-order valence-corrected chi connectivity index (χ4v) is 6.86. The Hall–Kier alpha value is -4.55. The molecule has 0 heterocycles. The highest BCUT2D eigenvalue weighted by Crippen LogP contribution is 2.38. The van der Waals surface area contributed by atoms with Crippen LogP contribution in [0.1, 0.15) is 43.0 Å². The summed E-state index contributed by atoms with van der Waals surface area (Å²) in [5.41, 5.74) is -0.367. The number of carbonyl (C=O) groups excluding carboxylic acids is 2. The number of nitrogens with one attached hydrogen (secondary N) is 1. The predicted molar refractivity (Wildman–Crippen MR) is 188 cm³/mol. The number of hydrogen-bond donors (Lipinski definition) is 1. The van der Waals surface area contributed by atoms with Crippen LogP contribution in [0.4, 0.5) is 18.9 Å². The molecule has 0 fully saturated rings. The van der Waals surface area contributed by atoms with Crippen molar-refractivity contribution in [3.05, 3.63) is 124 Å². The van der Waals surface area contributed by atoms with Gasteiger partial charge in [-0.25, -0.2) is 8.42 Å². The van der Waals surface area contributed by atoms with Gasteiger partial charge < -0.3 is 15.0 Å². The van der Waals surface area contributed by atoms with E-state index in [4.69, 9.17) is 16.3 Å². The van der Waals surface area contributed by atoms with E-state index >= 15 is 0 Å². The monoisotopic (exact) mass is 729 g/mol. The zero-order chi connectivity index (χ0) is 36.9. The highest BCUT2D eigenvalue weighted by Gasteiger charge is 2.38. The van der Waals surface area contributed by atoms with Crippen molar-refractivity contribution < 1.29 is 35.9 Å². The van der Waals surface area contributed by atoms with Crippen molar-refractivity contribution in [2.24, 2.45) is 0 Å². The van der Waals surface area contributed by atoms with Crippen molar-refractivity contribution in [2.75, 3.05) is 18.0 Å². The number of carbonyl (C=O) groups is 2. The van der Waals surface area contributed by atoms with Gasteiger partial charge in [-0.1, -0.05) is 71.8 Å². The van der Waals surface area contributed by atoms with Crippen molar-refractivity contribution in [2.45, 2.75) is 63.3 Å². The van der Waals surface area contributed by atoms with Crippen molar-refractivity contribution in [3.63, 3.8) is 0 Å². The molecule has 0 bridgehead atoms. The number of halogens is 4. The Morgan fingerprint density at radius 3 is 2.12 bits per heavy atom. The first-order chi connectivity index (χ1) is 23.4. The van der Waals surface area contributed by atoms with Crippen LogP contribution >= 0.6 is 11.6 Å². The molecular formula is C37H39ClF3N3O5S. The summed E-state index contributed by atoms with van der Waals surface area (Å²) in [5.74, 6) is -0.855. The average Bonchev–Trinajstić information content (AvgIpc) is 3.05. The minimum atomic E-state index is -4.92. The molecule has 4 rings (SSSR count). The molecule has 1 atom stereocenters. The molecule has 266 valence electrons. The molecule has 0 unspecified atom stereocenters. The Morgan fingerprint density at radius 2 is 1.52 bits per heavy atom. The molecule has 2 amide bonds. The van der Waals surface area contributed by atoms with Crippen molar-refractivity contribution in [1.82, 2.24) is 10.2 Å². The van der Waals surface area contributed by atoms with Gasteiger partial charge in [0.05, 0.1) is 28.3 Å². The fraction of sp³-hybridized carbons (Fsp3) is 0.297. The Bertz CT molecular complexity index is 1920. The summed E-state index contributed by atoms with van der Waals surface area (Å²) < 4.78 is 76.4. The summed E-state index contributed by atoms with van der Waals surface area (Å²) in [6, 6.07) is 23.0. The van der Waals surface area contributed by atoms with Crippen molar-refractivity contribution in [1.29, 1.82) is 0 Å². The van der Waals surface area contributed by atoms with Gasteiger partial charge in [0.25, 0.3) is 10.0 Å². The molecule has 50 heavy (non-hydrogen) atoms. The third-order valence-electron chi connectivity index (χ3n) is 7.69. The predicted octanol–water partition coefficient (Wildman–Crippen LogP) is 7.43. The van der Waals surface area contributed by atoms with Gasteiger partial charge in [0.15, 0.2) is 0 Å². The number of ether oxygens (including phenoxy) is 1. The van der Waals surface area contributed by atoms with Crippen molar-refractivity contribution in [3.8, 4) is 5.75 Å². The molecule has 1 N–H and O–H groups in total. The average molecular weight is 730 g/mol. The van der Waals surface area contributed by atoms with Gasteiger partial charge in [-0.3, -0.25) is 13.9 Å². The number of rotatable bonds is 12. The molecule has 0 aliphatic rings. The Balaban J connectivity index is 1.89. The quantitative estimate of drug-likeness (QED) is 0.164. The van der Waals surface area contributed by atoms with Crippen LogP contribution in [-0.4, -0.2) is 50.4 Å². The molecule has 0 saturated carbocycles. The van der Waals surface area contributed by atoms with E-state index < -0.39 is 62.4 Å². The zero-order valence-corrected chi connectivity index (χ0v) is 29.9. The molecule has 4 aromatic rings. The van der Waals surface area contributed by atoms with Crippen LogP contribution < -0.4 is 14.4 Å². The molecule has 0 aliphatic heterocycles. The molecule has 0 aliphatic carbocycles. The first kappa shape index (κ1) is 38.3. The maximum absolute atomic E-state index is 14.6. The van der Waals surface area contributed by atoms with E-state index in [9.17, 15) is 31.2 Å². The minimum absolute atomic E-state index is 0.0579. The highest BCUT2D eigenvalue weighted by molar-refractivity contribution is 7.92. The molecule has 4 aromatic carbocycles. The van der Waals surface area contributed by atoms with E-state index in [2.05, 4.69) is 5.32 Å². The molecule has 8 nitrogen and oxygen atoms in total. The van der Waals surface area contributed by atoms with Gasteiger partial charge in [0.2, 0.25) is 11.8 Å². The summed E-state index contributed by atoms with van der Waals surface area (Å²) >= 11 is 5.89. The molecule has 0 saturated heterocycles. The molecule has 0 aromatic heterocycles. The van der Waals surface area contributed by atoms with Gasteiger partial charge in [0.1, 0.15) is 18.3 Å². The highest BCUT2D eigenvalue weighted by atomic mass is 35.5. The number of sulfonamides is 1. The maximum Gasteiger partial charge on any atom is 0.417 e. The number of hydrogen-bond acceptors (Lipinski definition) is 5. The van der Waals surface area contributed by atoms with Crippen LogP contribution in [0.25, 0.3) is 0 Å². The van der Waals surface area contributed by atoms with E-state index in [0.717, 1.165) is 23.3 Å². The van der Waals surface area contributed by atoms with E-state index in [1.54, 1.807) is 76.2 Å². The Morgan fingerprint density at radius 1 is 0.880 bits per heavy atom. The normalized spacial score (nSPS) is 12.6. The lowest BCUT2D eigenvalue weighted by molar-refractivity contribution is -0.140. The van der Waals surface area contributed by atoms with Crippen LogP contribution in [0, 0.1) is 6.92 Å². The summed E-state index contributed by atoms with van der Waals surface area (Å²) in [6.07, 6.45) is -4.86. The molecule has 13 heteroatoms. The molecule has 0 radical (unpaired) electrons. The second-order valence-electron chi connectivity index (χ2n) is 12.8. The summed E-state index contributed by atoms with van der Waals surface area (Å²) in [5, 5.41) is 2.29. The molecule has 0 spiro atoms. The van der Waals surface area contributed by atoms with E-state index in [1.165, 1.54) is 36.3 Å². The lowest BCUT2D eigenvalue weighted by Gasteiger charge is -2.35. The van der Waals surface area contributed by atoms with Crippen LogP contribution in [0.3, 0.4) is 0 Å². The van der Waals surface area contributed by atoms with Crippen molar-refractivity contribution >= 4 is 39.1 Å². The van der Waals surface area contributed by atoms with E-state index in [-0.39, 0.29) is 17.9 Å². The van der Waals surface area contributed by atoms with Crippen LogP contribution in [0.2, 0.25) is 5.02 Å². The third-order valence-corrected chi connectivity index (χ3v) is 9.81. The maximum atomic E-state index is 14.6. The summed E-state index contributed by atoms with van der Waals surface area (Å²) in [7, 11) is -3.16. The number of anilines is 1. The van der Waals surface area contributed by atoms with Crippen LogP contribution in [0.5, 0.6) is 5.75 Å².